The number of hydrogen-bond acceptors (Lipinski definition) is 6. The molecular weight excluding hydrogens is 396 g/mol. The standard InChI is InChI=1S/C23H30N4O2S/c1-3-4-14-29-15-8-12-24-19(28)11-13-25-22-21-20(18-9-6-5-7-10-18)17(2)30-23(21)27-16-26-22/h5-7,9-10,16H,3-4,8,11-15H2,1-2H3,(H,24,28)(H,25,26,27). The maximum absolute atomic E-state index is 12.1. The van der Waals surface area contributed by atoms with Gasteiger partial charge in [-0.25, -0.2) is 9.97 Å². The molecule has 0 bridgehead atoms. The van der Waals surface area contributed by atoms with Gasteiger partial charge in [-0.05, 0) is 25.3 Å². The van der Waals surface area contributed by atoms with Gasteiger partial charge in [0.15, 0.2) is 0 Å². The van der Waals surface area contributed by atoms with Gasteiger partial charge in [0.05, 0.1) is 5.39 Å². The van der Waals surface area contributed by atoms with Crippen molar-refractivity contribution in [3.05, 3.63) is 41.5 Å². The van der Waals surface area contributed by atoms with E-state index in [4.69, 9.17) is 4.74 Å². The van der Waals surface area contributed by atoms with Crippen LogP contribution in [0.4, 0.5) is 5.82 Å². The van der Waals surface area contributed by atoms with Crippen molar-refractivity contribution in [2.45, 2.75) is 39.5 Å². The van der Waals surface area contributed by atoms with Crippen LogP contribution in [0.2, 0.25) is 0 Å². The Kier molecular flexibility index (Phi) is 8.59. The molecule has 0 atom stereocenters. The number of nitrogens with one attached hydrogen (secondary N) is 2. The molecule has 6 nitrogen and oxygen atoms in total. The lowest BCUT2D eigenvalue weighted by molar-refractivity contribution is -0.120. The maximum atomic E-state index is 12.1. The van der Waals surface area contributed by atoms with Crippen molar-refractivity contribution < 1.29 is 9.53 Å². The molecule has 0 saturated carbocycles. The van der Waals surface area contributed by atoms with Crippen LogP contribution in [0.5, 0.6) is 0 Å². The van der Waals surface area contributed by atoms with Gasteiger partial charge >= 0.3 is 0 Å². The third-order valence-corrected chi connectivity index (χ3v) is 5.81. The van der Waals surface area contributed by atoms with E-state index >= 15 is 0 Å². The molecule has 7 heteroatoms. The summed E-state index contributed by atoms with van der Waals surface area (Å²) < 4.78 is 5.51. The number of unbranched alkanes of at least 4 members (excludes halogenated alkanes) is 1. The first kappa shape index (κ1) is 22.2. The van der Waals surface area contributed by atoms with Crippen molar-refractivity contribution in [3.8, 4) is 11.1 Å². The summed E-state index contributed by atoms with van der Waals surface area (Å²) in [5.74, 6) is 0.812. The maximum Gasteiger partial charge on any atom is 0.221 e. The summed E-state index contributed by atoms with van der Waals surface area (Å²) in [6.45, 7) is 6.91. The van der Waals surface area contributed by atoms with Gasteiger partial charge in [0.1, 0.15) is 17.0 Å². The van der Waals surface area contributed by atoms with Crippen molar-refractivity contribution in [2.24, 2.45) is 0 Å². The molecule has 0 fully saturated rings. The number of carbonyl (C=O) groups is 1. The molecule has 1 aromatic carbocycles. The van der Waals surface area contributed by atoms with Crippen molar-refractivity contribution in [1.29, 1.82) is 0 Å². The molecule has 0 aliphatic heterocycles. The molecule has 0 radical (unpaired) electrons. The average molecular weight is 427 g/mol. The number of anilines is 1. The highest BCUT2D eigenvalue weighted by Gasteiger charge is 2.16. The molecule has 2 heterocycles. The lowest BCUT2D eigenvalue weighted by Gasteiger charge is -2.09. The van der Waals surface area contributed by atoms with E-state index in [9.17, 15) is 4.79 Å². The first-order valence-corrected chi connectivity index (χ1v) is 11.4. The number of benzene rings is 1. The third kappa shape index (κ3) is 6.00. The van der Waals surface area contributed by atoms with E-state index in [1.54, 1.807) is 17.7 Å². The molecule has 3 aromatic rings. The summed E-state index contributed by atoms with van der Waals surface area (Å²) in [5, 5.41) is 7.31. The number of rotatable bonds is 12. The van der Waals surface area contributed by atoms with Gasteiger partial charge in [-0.2, -0.15) is 0 Å². The topological polar surface area (TPSA) is 76.1 Å². The molecule has 0 saturated heterocycles. The van der Waals surface area contributed by atoms with Crippen molar-refractivity contribution in [2.75, 3.05) is 31.6 Å². The molecule has 0 aliphatic rings. The molecule has 0 unspecified atom stereocenters. The van der Waals surface area contributed by atoms with Crippen LogP contribution >= 0.6 is 11.3 Å². The van der Waals surface area contributed by atoms with Gasteiger partial charge in [0.25, 0.3) is 0 Å². The molecule has 0 spiro atoms. The van der Waals surface area contributed by atoms with E-state index in [1.807, 2.05) is 18.2 Å². The van der Waals surface area contributed by atoms with Crippen molar-refractivity contribution in [1.82, 2.24) is 15.3 Å². The van der Waals surface area contributed by atoms with Crippen LogP contribution in [0.25, 0.3) is 21.3 Å². The fraction of sp³-hybridized carbons (Fsp3) is 0.435. The zero-order chi connectivity index (χ0) is 21.2. The number of aryl methyl sites for hydroxylation is 1. The highest BCUT2D eigenvalue weighted by Crippen LogP contribution is 2.40. The Hall–Kier alpha value is -2.51. The quantitative estimate of drug-likeness (QED) is 0.407. The van der Waals surface area contributed by atoms with Crippen molar-refractivity contribution >= 4 is 33.3 Å². The Morgan fingerprint density at radius 1 is 1.10 bits per heavy atom. The Labute approximate surface area is 182 Å². The molecular formula is C23H30N4O2S. The second kappa shape index (κ2) is 11.6. The average Bonchev–Trinajstić information content (AvgIpc) is 3.10. The minimum atomic E-state index is 0.0335. The van der Waals surface area contributed by atoms with Crippen LogP contribution < -0.4 is 10.6 Å². The van der Waals surface area contributed by atoms with E-state index in [0.717, 1.165) is 53.0 Å². The van der Waals surface area contributed by atoms with Crippen LogP contribution in [0.3, 0.4) is 0 Å². The van der Waals surface area contributed by atoms with E-state index in [0.29, 0.717) is 26.1 Å². The molecule has 30 heavy (non-hydrogen) atoms. The van der Waals surface area contributed by atoms with Gasteiger partial charge in [-0.3, -0.25) is 4.79 Å². The first-order valence-electron chi connectivity index (χ1n) is 10.6. The second-order valence-electron chi connectivity index (χ2n) is 7.15. The molecule has 2 N–H and O–H groups in total. The normalized spacial score (nSPS) is 11.0. The SMILES string of the molecule is CCCCOCCCNC(=O)CCNc1ncnc2sc(C)c(-c3ccccc3)c12. The largest absolute Gasteiger partial charge is 0.381 e. The van der Waals surface area contributed by atoms with Gasteiger partial charge in [0.2, 0.25) is 5.91 Å². The molecule has 0 aliphatic carbocycles. The predicted molar refractivity (Wildman–Crippen MR) is 124 cm³/mol. The lowest BCUT2D eigenvalue weighted by atomic mass is 10.0. The number of ether oxygens (including phenoxy) is 1. The highest BCUT2D eigenvalue weighted by atomic mass is 32.1. The summed E-state index contributed by atoms with van der Waals surface area (Å²) >= 11 is 1.67. The minimum Gasteiger partial charge on any atom is -0.381 e. The number of nitrogens with zero attached hydrogens (tertiary/aromatic N) is 2. The van der Waals surface area contributed by atoms with E-state index < -0.39 is 0 Å². The zero-order valence-electron chi connectivity index (χ0n) is 17.7. The Bertz CT molecular complexity index is 943. The fourth-order valence-electron chi connectivity index (χ4n) is 3.26. The van der Waals surface area contributed by atoms with Crippen LogP contribution in [0.1, 0.15) is 37.5 Å². The molecule has 1 amide bonds. The fourth-order valence-corrected chi connectivity index (χ4v) is 4.28. The number of thiophene rings is 1. The lowest BCUT2D eigenvalue weighted by Crippen LogP contribution is -2.27. The zero-order valence-corrected chi connectivity index (χ0v) is 18.6. The number of fused-ring (bicyclic) bond motifs is 1. The first-order chi connectivity index (χ1) is 14.7. The van der Waals surface area contributed by atoms with E-state index in [2.05, 4.69) is 46.6 Å². The number of aromatic nitrogens is 2. The van der Waals surface area contributed by atoms with Crippen LogP contribution in [0, 0.1) is 6.92 Å². The summed E-state index contributed by atoms with van der Waals surface area (Å²) in [6, 6.07) is 10.3. The summed E-state index contributed by atoms with van der Waals surface area (Å²) in [4.78, 5) is 23.2. The third-order valence-electron chi connectivity index (χ3n) is 4.80. The Morgan fingerprint density at radius 2 is 1.90 bits per heavy atom. The molecule has 3 rings (SSSR count). The predicted octanol–water partition coefficient (Wildman–Crippen LogP) is 4.79. The minimum absolute atomic E-state index is 0.0335. The second-order valence-corrected chi connectivity index (χ2v) is 8.35. The van der Waals surface area contributed by atoms with E-state index in [-0.39, 0.29) is 5.91 Å². The number of hydrogen-bond donors (Lipinski definition) is 2. The van der Waals surface area contributed by atoms with Crippen LogP contribution in [0.15, 0.2) is 36.7 Å². The van der Waals surface area contributed by atoms with Crippen LogP contribution in [-0.2, 0) is 9.53 Å². The van der Waals surface area contributed by atoms with Gasteiger partial charge in [-0.1, -0.05) is 43.7 Å². The summed E-state index contributed by atoms with van der Waals surface area (Å²) in [6.07, 6.45) is 5.04. The van der Waals surface area contributed by atoms with Crippen molar-refractivity contribution in [3.63, 3.8) is 0 Å². The van der Waals surface area contributed by atoms with Gasteiger partial charge < -0.3 is 15.4 Å². The Balaban J connectivity index is 1.54. The summed E-state index contributed by atoms with van der Waals surface area (Å²) in [5.41, 5.74) is 2.31. The monoisotopic (exact) mass is 426 g/mol. The highest BCUT2D eigenvalue weighted by molar-refractivity contribution is 7.19. The van der Waals surface area contributed by atoms with Gasteiger partial charge in [-0.15, -0.1) is 11.3 Å². The van der Waals surface area contributed by atoms with Gasteiger partial charge in [0, 0.05) is 43.2 Å². The number of carbonyl (C=O) groups excluding carboxylic acids is 1. The molecule has 2 aromatic heterocycles. The van der Waals surface area contributed by atoms with E-state index in [1.165, 1.54) is 4.88 Å². The number of amides is 1. The van der Waals surface area contributed by atoms with Crippen LogP contribution in [-0.4, -0.2) is 42.2 Å². The summed E-state index contributed by atoms with van der Waals surface area (Å²) in [7, 11) is 0. The smallest absolute Gasteiger partial charge is 0.221 e. The Morgan fingerprint density at radius 3 is 2.70 bits per heavy atom. The molecule has 160 valence electrons.